The molecule has 1 aromatic heterocycles. The summed E-state index contributed by atoms with van der Waals surface area (Å²) in [5, 5.41) is 8.29. The second-order valence-electron chi connectivity index (χ2n) is 3.32. The standard InChI is InChI=1S/C10H8BrF2N3/c11-4-10-6-16(15-14-10)5-7-1-8(12)3-9(13)2-7/h1-3,6H,4-5H2. The van der Waals surface area contributed by atoms with Crippen LogP contribution < -0.4 is 0 Å². The number of hydrogen-bond acceptors (Lipinski definition) is 2. The molecule has 0 aliphatic heterocycles. The molecule has 0 atom stereocenters. The number of aromatic nitrogens is 3. The summed E-state index contributed by atoms with van der Waals surface area (Å²) in [7, 11) is 0. The second kappa shape index (κ2) is 4.69. The van der Waals surface area contributed by atoms with Gasteiger partial charge >= 0.3 is 0 Å². The van der Waals surface area contributed by atoms with Gasteiger partial charge in [-0.1, -0.05) is 21.1 Å². The maximum atomic E-state index is 12.9. The largest absolute Gasteiger partial charge is 0.248 e. The minimum Gasteiger partial charge on any atom is -0.248 e. The summed E-state index contributed by atoms with van der Waals surface area (Å²) < 4.78 is 27.4. The topological polar surface area (TPSA) is 30.7 Å². The molecule has 0 radical (unpaired) electrons. The molecule has 0 saturated heterocycles. The van der Waals surface area contributed by atoms with Crippen molar-refractivity contribution >= 4 is 15.9 Å². The number of rotatable bonds is 3. The fraction of sp³-hybridized carbons (Fsp3) is 0.200. The highest BCUT2D eigenvalue weighted by atomic mass is 79.9. The zero-order valence-electron chi connectivity index (χ0n) is 8.20. The summed E-state index contributed by atoms with van der Waals surface area (Å²) in [6.07, 6.45) is 1.72. The molecule has 0 aliphatic rings. The Labute approximate surface area is 99.2 Å². The van der Waals surface area contributed by atoms with Gasteiger partial charge in [-0.25, -0.2) is 13.5 Å². The Morgan fingerprint density at radius 3 is 2.44 bits per heavy atom. The molecule has 0 N–H and O–H groups in total. The van der Waals surface area contributed by atoms with E-state index >= 15 is 0 Å². The Hall–Kier alpha value is -1.30. The average molecular weight is 288 g/mol. The van der Waals surface area contributed by atoms with Crippen LogP contribution in [0.3, 0.4) is 0 Å². The molecule has 2 rings (SSSR count). The third-order valence-corrected chi connectivity index (χ3v) is 2.56. The van der Waals surface area contributed by atoms with Crippen LogP contribution in [0.4, 0.5) is 8.78 Å². The lowest BCUT2D eigenvalue weighted by Gasteiger charge is -2.01. The van der Waals surface area contributed by atoms with E-state index in [2.05, 4.69) is 26.2 Å². The van der Waals surface area contributed by atoms with Crippen LogP contribution in [0.5, 0.6) is 0 Å². The normalized spacial score (nSPS) is 10.7. The van der Waals surface area contributed by atoms with Crippen molar-refractivity contribution in [2.24, 2.45) is 0 Å². The van der Waals surface area contributed by atoms with Crippen LogP contribution in [0.15, 0.2) is 24.4 Å². The van der Waals surface area contributed by atoms with E-state index in [0.717, 1.165) is 11.8 Å². The van der Waals surface area contributed by atoms with Gasteiger partial charge in [0.05, 0.1) is 12.2 Å². The molecule has 0 unspecified atom stereocenters. The van der Waals surface area contributed by atoms with Crippen LogP contribution in [0.2, 0.25) is 0 Å². The van der Waals surface area contributed by atoms with Gasteiger partial charge in [0.15, 0.2) is 0 Å². The lowest BCUT2D eigenvalue weighted by atomic mass is 10.2. The Balaban J connectivity index is 2.19. The van der Waals surface area contributed by atoms with Crippen LogP contribution >= 0.6 is 15.9 Å². The second-order valence-corrected chi connectivity index (χ2v) is 3.88. The molecule has 84 valence electrons. The Morgan fingerprint density at radius 1 is 1.19 bits per heavy atom. The van der Waals surface area contributed by atoms with Crippen molar-refractivity contribution in [1.82, 2.24) is 15.0 Å². The molecule has 1 heterocycles. The van der Waals surface area contributed by atoms with E-state index in [0.29, 0.717) is 17.4 Å². The number of benzene rings is 1. The van der Waals surface area contributed by atoms with Crippen molar-refractivity contribution in [2.75, 3.05) is 0 Å². The third-order valence-electron chi connectivity index (χ3n) is 1.99. The first-order chi connectivity index (χ1) is 7.67. The molecule has 6 heteroatoms. The number of alkyl halides is 1. The van der Waals surface area contributed by atoms with Gasteiger partial charge in [0.2, 0.25) is 0 Å². The Kier molecular flexibility index (Phi) is 3.28. The molecule has 0 aliphatic carbocycles. The first-order valence-corrected chi connectivity index (χ1v) is 5.69. The van der Waals surface area contributed by atoms with Gasteiger partial charge in [-0.15, -0.1) is 5.10 Å². The van der Waals surface area contributed by atoms with Crippen molar-refractivity contribution in [2.45, 2.75) is 11.9 Å². The molecular weight excluding hydrogens is 280 g/mol. The highest BCUT2D eigenvalue weighted by molar-refractivity contribution is 9.08. The van der Waals surface area contributed by atoms with Crippen LogP contribution in [0.1, 0.15) is 11.3 Å². The fourth-order valence-electron chi connectivity index (χ4n) is 1.37. The SMILES string of the molecule is Fc1cc(F)cc(Cn2cc(CBr)nn2)c1. The summed E-state index contributed by atoms with van der Waals surface area (Å²) in [5.41, 5.74) is 1.29. The molecule has 16 heavy (non-hydrogen) atoms. The van der Waals surface area contributed by atoms with E-state index in [4.69, 9.17) is 0 Å². The fourth-order valence-corrected chi connectivity index (χ4v) is 1.62. The van der Waals surface area contributed by atoms with Crippen LogP contribution in [-0.4, -0.2) is 15.0 Å². The molecular formula is C10H8BrF2N3. The summed E-state index contributed by atoms with van der Waals surface area (Å²) >= 11 is 3.24. The monoisotopic (exact) mass is 287 g/mol. The molecule has 0 saturated carbocycles. The molecule has 3 nitrogen and oxygen atoms in total. The summed E-state index contributed by atoms with van der Waals surface area (Å²) in [6.45, 7) is 0.300. The molecule has 0 fully saturated rings. The first-order valence-electron chi connectivity index (χ1n) is 4.57. The maximum absolute atomic E-state index is 12.9. The molecule has 1 aromatic carbocycles. The number of nitrogens with zero attached hydrogens (tertiary/aromatic N) is 3. The van der Waals surface area contributed by atoms with Crippen molar-refractivity contribution in [3.8, 4) is 0 Å². The van der Waals surface area contributed by atoms with Gasteiger partial charge < -0.3 is 0 Å². The lowest BCUT2D eigenvalue weighted by molar-refractivity contribution is 0.572. The molecule has 0 amide bonds. The number of hydrogen-bond donors (Lipinski definition) is 0. The minimum absolute atomic E-state index is 0.300. The van der Waals surface area contributed by atoms with Crippen molar-refractivity contribution < 1.29 is 8.78 Å². The van der Waals surface area contributed by atoms with E-state index in [9.17, 15) is 8.78 Å². The Bertz CT molecular complexity index is 478. The van der Waals surface area contributed by atoms with E-state index in [1.165, 1.54) is 16.8 Å². The molecule has 0 spiro atoms. The van der Waals surface area contributed by atoms with E-state index < -0.39 is 11.6 Å². The van der Waals surface area contributed by atoms with Crippen LogP contribution in [0, 0.1) is 11.6 Å². The highest BCUT2D eigenvalue weighted by Gasteiger charge is 2.03. The first kappa shape index (κ1) is 11.2. The van der Waals surface area contributed by atoms with Gasteiger partial charge in [0, 0.05) is 17.6 Å². The van der Waals surface area contributed by atoms with E-state index in [-0.39, 0.29) is 0 Å². The van der Waals surface area contributed by atoms with Gasteiger partial charge in [-0.3, -0.25) is 0 Å². The zero-order chi connectivity index (χ0) is 11.5. The predicted octanol–water partition coefficient (Wildman–Crippen LogP) is 2.50. The summed E-state index contributed by atoms with van der Waals surface area (Å²) in [6, 6.07) is 3.39. The number of halogens is 3. The maximum Gasteiger partial charge on any atom is 0.126 e. The van der Waals surface area contributed by atoms with Gasteiger partial charge in [-0.2, -0.15) is 0 Å². The zero-order valence-corrected chi connectivity index (χ0v) is 9.79. The summed E-state index contributed by atoms with van der Waals surface area (Å²) in [5.74, 6) is -1.17. The van der Waals surface area contributed by atoms with Crippen molar-refractivity contribution in [3.63, 3.8) is 0 Å². The molecule has 0 bridgehead atoms. The predicted molar refractivity (Wildman–Crippen MR) is 58.1 cm³/mol. The van der Waals surface area contributed by atoms with E-state index in [1.54, 1.807) is 6.20 Å². The average Bonchev–Trinajstić information content (AvgIpc) is 2.64. The van der Waals surface area contributed by atoms with Crippen molar-refractivity contribution in [1.29, 1.82) is 0 Å². The minimum atomic E-state index is -0.587. The van der Waals surface area contributed by atoms with Crippen LogP contribution in [-0.2, 0) is 11.9 Å². The summed E-state index contributed by atoms with van der Waals surface area (Å²) in [4.78, 5) is 0. The van der Waals surface area contributed by atoms with Gasteiger partial charge in [-0.05, 0) is 17.7 Å². The van der Waals surface area contributed by atoms with Gasteiger partial charge in [0.1, 0.15) is 11.6 Å². The van der Waals surface area contributed by atoms with E-state index in [1.807, 2.05) is 0 Å². The third kappa shape index (κ3) is 2.63. The lowest BCUT2D eigenvalue weighted by Crippen LogP contribution is -2.01. The Morgan fingerprint density at radius 2 is 1.88 bits per heavy atom. The quantitative estimate of drug-likeness (QED) is 0.812. The van der Waals surface area contributed by atoms with Gasteiger partial charge in [0.25, 0.3) is 0 Å². The molecule has 2 aromatic rings. The highest BCUT2D eigenvalue weighted by Crippen LogP contribution is 2.09. The van der Waals surface area contributed by atoms with Crippen molar-refractivity contribution in [3.05, 3.63) is 47.3 Å². The smallest absolute Gasteiger partial charge is 0.126 e. The van der Waals surface area contributed by atoms with Crippen LogP contribution in [0.25, 0.3) is 0 Å².